The number of carboxylic acid groups (broad SMARTS) is 1. The maximum Gasteiger partial charge on any atom is 0.309 e. The van der Waals surface area contributed by atoms with Gasteiger partial charge in [0, 0.05) is 13.1 Å². The number of aliphatic carboxylic acids is 1. The minimum atomic E-state index is -0.758. The number of morpholine rings is 1. The molecule has 1 aliphatic rings. The van der Waals surface area contributed by atoms with Crippen LogP contribution in [0.3, 0.4) is 0 Å². The molecule has 12 heavy (non-hydrogen) atoms. The Balaban J connectivity index is 2.46. The van der Waals surface area contributed by atoms with Crippen LogP contribution >= 0.6 is 0 Å². The number of hydrogen-bond acceptors (Lipinski definition) is 3. The Labute approximate surface area is 71.9 Å². The second-order valence-corrected chi connectivity index (χ2v) is 2.97. The van der Waals surface area contributed by atoms with Crippen LogP contribution in [0, 0.1) is 5.92 Å². The summed E-state index contributed by atoms with van der Waals surface area (Å²) in [6, 6.07) is 0. The van der Waals surface area contributed by atoms with Gasteiger partial charge < -0.3 is 15.2 Å². The predicted octanol–water partition coefficient (Wildman–Crippen LogP) is 0.0856. The van der Waals surface area contributed by atoms with Gasteiger partial charge in [-0.1, -0.05) is 6.92 Å². The highest BCUT2D eigenvalue weighted by Gasteiger charge is 2.28. The lowest BCUT2D eigenvalue weighted by Crippen LogP contribution is -2.44. The van der Waals surface area contributed by atoms with Gasteiger partial charge in [0.1, 0.15) is 0 Å². The third-order valence-electron chi connectivity index (χ3n) is 2.16. The van der Waals surface area contributed by atoms with Crippen molar-refractivity contribution in [3.63, 3.8) is 0 Å². The number of ether oxygens (including phenoxy) is 1. The van der Waals surface area contributed by atoms with Gasteiger partial charge in [-0.15, -0.1) is 0 Å². The molecular weight excluding hydrogens is 158 g/mol. The summed E-state index contributed by atoms with van der Waals surface area (Å²) in [6.07, 6.45) is 0.475. The van der Waals surface area contributed by atoms with Gasteiger partial charge in [0.15, 0.2) is 0 Å². The van der Waals surface area contributed by atoms with Crippen LogP contribution in [-0.2, 0) is 9.53 Å². The molecule has 1 fully saturated rings. The van der Waals surface area contributed by atoms with E-state index < -0.39 is 5.97 Å². The Morgan fingerprint density at radius 3 is 3.00 bits per heavy atom. The lowest BCUT2D eigenvalue weighted by atomic mass is 9.99. The van der Waals surface area contributed by atoms with Gasteiger partial charge in [0.2, 0.25) is 0 Å². The molecule has 4 nitrogen and oxygen atoms in total. The first-order valence-corrected chi connectivity index (χ1v) is 4.30. The van der Waals surface area contributed by atoms with Crippen molar-refractivity contribution in [2.75, 3.05) is 19.7 Å². The Kier molecular flexibility index (Phi) is 3.49. The largest absolute Gasteiger partial charge is 0.481 e. The zero-order valence-electron chi connectivity index (χ0n) is 7.25. The van der Waals surface area contributed by atoms with Gasteiger partial charge in [-0.25, -0.2) is 0 Å². The zero-order chi connectivity index (χ0) is 8.97. The van der Waals surface area contributed by atoms with Gasteiger partial charge in [-0.05, 0) is 6.42 Å². The van der Waals surface area contributed by atoms with Crippen molar-refractivity contribution in [3.05, 3.63) is 0 Å². The summed E-state index contributed by atoms with van der Waals surface area (Å²) in [5.74, 6) is -1.12. The van der Waals surface area contributed by atoms with E-state index in [0.717, 1.165) is 6.54 Å². The van der Waals surface area contributed by atoms with Crippen molar-refractivity contribution in [1.82, 2.24) is 5.32 Å². The second-order valence-electron chi connectivity index (χ2n) is 2.97. The molecule has 0 saturated carbocycles. The summed E-state index contributed by atoms with van der Waals surface area (Å²) in [7, 11) is 0. The molecule has 4 heteroatoms. The van der Waals surface area contributed by atoms with E-state index in [4.69, 9.17) is 9.84 Å². The van der Waals surface area contributed by atoms with Crippen molar-refractivity contribution in [3.8, 4) is 0 Å². The summed E-state index contributed by atoms with van der Waals surface area (Å²) in [5.41, 5.74) is 0. The Morgan fingerprint density at radius 1 is 1.83 bits per heavy atom. The van der Waals surface area contributed by atoms with E-state index in [0.29, 0.717) is 19.6 Å². The van der Waals surface area contributed by atoms with Gasteiger partial charge in [-0.3, -0.25) is 4.79 Å². The molecule has 1 aliphatic heterocycles. The molecule has 0 bridgehead atoms. The number of carboxylic acids is 1. The van der Waals surface area contributed by atoms with Crippen LogP contribution in [0.5, 0.6) is 0 Å². The van der Waals surface area contributed by atoms with E-state index >= 15 is 0 Å². The van der Waals surface area contributed by atoms with Crippen molar-refractivity contribution < 1.29 is 14.6 Å². The quantitative estimate of drug-likeness (QED) is 0.635. The van der Waals surface area contributed by atoms with Crippen LogP contribution in [0.2, 0.25) is 0 Å². The highest BCUT2D eigenvalue weighted by Crippen LogP contribution is 2.13. The minimum Gasteiger partial charge on any atom is -0.481 e. The number of nitrogens with one attached hydrogen (secondary N) is 1. The second kappa shape index (κ2) is 4.42. The summed E-state index contributed by atoms with van der Waals surface area (Å²) >= 11 is 0. The first-order chi connectivity index (χ1) is 5.75. The fourth-order valence-electron chi connectivity index (χ4n) is 1.44. The average molecular weight is 173 g/mol. The molecule has 0 amide bonds. The van der Waals surface area contributed by atoms with Crippen LogP contribution < -0.4 is 5.32 Å². The third-order valence-corrected chi connectivity index (χ3v) is 2.16. The maximum absolute atomic E-state index is 10.7. The molecule has 0 aromatic carbocycles. The van der Waals surface area contributed by atoms with Crippen LogP contribution in [-0.4, -0.2) is 36.9 Å². The summed E-state index contributed by atoms with van der Waals surface area (Å²) < 4.78 is 5.35. The van der Waals surface area contributed by atoms with Gasteiger partial charge in [-0.2, -0.15) is 0 Å². The fraction of sp³-hybridized carbons (Fsp3) is 0.875. The topological polar surface area (TPSA) is 58.6 Å². The molecule has 0 aromatic rings. The van der Waals surface area contributed by atoms with E-state index in [1.54, 1.807) is 0 Å². The summed E-state index contributed by atoms with van der Waals surface area (Å²) in [6.45, 7) is 3.97. The monoisotopic (exact) mass is 173 g/mol. The van der Waals surface area contributed by atoms with E-state index in [-0.39, 0.29) is 12.0 Å². The molecule has 0 spiro atoms. The van der Waals surface area contributed by atoms with Crippen molar-refractivity contribution in [2.24, 2.45) is 5.92 Å². The van der Waals surface area contributed by atoms with Gasteiger partial charge in [0.25, 0.3) is 0 Å². The van der Waals surface area contributed by atoms with E-state index in [9.17, 15) is 4.79 Å². The molecule has 2 atom stereocenters. The van der Waals surface area contributed by atoms with Crippen molar-refractivity contribution >= 4 is 5.97 Å². The molecule has 0 radical (unpaired) electrons. The van der Waals surface area contributed by atoms with Gasteiger partial charge >= 0.3 is 5.97 Å². The number of carbonyl (C=O) groups is 1. The van der Waals surface area contributed by atoms with E-state index in [1.165, 1.54) is 0 Å². The fourth-order valence-corrected chi connectivity index (χ4v) is 1.44. The minimum absolute atomic E-state index is 0.152. The summed E-state index contributed by atoms with van der Waals surface area (Å²) in [4.78, 5) is 10.7. The van der Waals surface area contributed by atoms with Crippen LogP contribution in [0.25, 0.3) is 0 Å². The summed E-state index contributed by atoms with van der Waals surface area (Å²) in [5, 5.41) is 11.9. The van der Waals surface area contributed by atoms with Crippen molar-refractivity contribution in [1.29, 1.82) is 0 Å². The first-order valence-electron chi connectivity index (χ1n) is 4.30. The Morgan fingerprint density at radius 2 is 2.58 bits per heavy atom. The predicted molar refractivity (Wildman–Crippen MR) is 44.0 cm³/mol. The van der Waals surface area contributed by atoms with Gasteiger partial charge in [0.05, 0.1) is 18.6 Å². The number of rotatable bonds is 3. The molecule has 1 saturated heterocycles. The Bertz CT molecular complexity index is 154. The third kappa shape index (κ3) is 2.19. The SMILES string of the molecule is CCC(C(=O)O)C1CNCCO1. The highest BCUT2D eigenvalue weighted by atomic mass is 16.5. The molecule has 1 heterocycles. The lowest BCUT2D eigenvalue weighted by molar-refractivity contribution is -0.148. The molecule has 1 rings (SSSR count). The average Bonchev–Trinajstić information content (AvgIpc) is 2.07. The lowest BCUT2D eigenvalue weighted by Gasteiger charge is -2.27. The Hall–Kier alpha value is -0.610. The highest BCUT2D eigenvalue weighted by molar-refractivity contribution is 5.70. The normalized spacial score (nSPS) is 26.6. The molecule has 70 valence electrons. The van der Waals surface area contributed by atoms with E-state index in [2.05, 4.69) is 5.32 Å². The van der Waals surface area contributed by atoms with Crippen LogP contribution in [0.1, 0.15) is 13.3 Å². The van der Waals surface area contributed by atoms with Crippen LogP contribution in [0.4, 0.5) is 0 Å². The standard InChI is InChI=1S/C8H15NO3/c1-2-6(8(10)11)7-5-9-3-4-12-7/h6-7,9H,2-5H2,1H3,(H,10,11). The van der Waals surface area contributed by atoms with E-state index in [1.807, 2.05) is 6.92 Å². The zero-order valence-corrected chi connectivity index (χ0v) is 7.25. The maximum atomic E-state index is 10.7. The molecule has 0 aliphatic carbocycles. The van der Waals surface area contributed by atoms with Crippen LogP contribution in [0.15, 0.2) is 0 Å². The molecule has 0 aromatic heterocycles. The smallest absolute Gasteiger partial charge is 0.309 e. The van der Waals surface area contributed by atoms with Crippen molar-refractivity contribution in [2.45, 2.75) is 19.4 Å². The molecule has 2 N–H and O–H groups in total. The molecular formula is C8H15NO3. The first kappa shape index (κ1) is 9.48. The number of hydrogen-bond donors (Lipinski definition) is 2. The molecule has 2 unspecified atom stereocenters.